The summed E-state index contributed by atoms with van der Waals surface area (Å²) in [6.07, 6.45) is 0.911. The fourth-order valence-electron chi connectivity index (χ4n) is 3.84. The molecule has 0 aromatic rings. The Balaban J connectivity index is 5.31. The molecule has 5 amide bonds. The van der Waals surface area contributed by atoms with Crippen molar-refractivity contribution in [2.45, 2.75) is 111 Å². The average molecular weight is 603 g/mol. The second kappa shape index (κ2) is 18.5. The van der Waals surface area contributed by atoms with Crippen molar-refractivity contribution in [1.29, 1.82) is 0 Å². The van der Waals surface area contributed by atoms with Gasteiger partial charge >= 0.3 is 5.97 Å². The van der Waals surface area contributed by atoms with Crippen LogP contribution in [0.15, 0.2) is 0 Å². The Bertz CT molecular complexity index is 915. The normalized spacial score (nSPS) is 15.7. The highest BCUT2D eigenvalue weighted by atomic mass is 32.1. The van der Waals surface area contributed by atoms with Crippen LogP contribution in [-0.2, 0) is 28.8 Å². The van der Waals surface area contributed by atoms with E-state index in [1.54, 1.807) is 0 Å². The zero-order valence-corrected chi connectivity index (χ0v) is 26.3. The summed E-state index contributed by atoms with van der Waals surface area (Å²) in [5.74, 6) is -4.20. The molecule has 0 aliphatic rings. The Labute approximate surface area is 248 Å². The van der Waals surface area contributed by atoms with Gasteiger partial charge in [0.1, 0.15) is 30.2 Å². The molecule has 0 aromatic heterocycles. The smallest absolute Gasteiger partial charge is 0.326 e. The summed E-state index contributed by atoms with van der Waals surface area (Å²) in [6, 6.07) is -6.10. The molecular weight excluding hydrogens is 552 g/mol. The van der Waals surface area contributed by atoms with Crippen LogP contribution in [0.4, 0.5) is 0 Å². The van der Waals surface area contributed by atoms with Crippen molar-refractivity contribution < 1.29 is 33.9 Å². The van der Waals surface area contributed by atoms with Crippen LogP contribution in [0, 0.1) is 17.8 Å². The number of carbonyl (C=O) groups excluding carboxylic acids is 5. The summed E-state index contributed by atoms with van der Waals surface area (Å²) in [4.78, 5) is 75.0. The van der Waals surface area contributed by atoms with Crippen LogP contribution in [0.5, 0.6) is 0 Å². The lowest BCUT2D eigenvalue weighted by Gasteiger charge is -2.26. The summed E-state index contributed by atoms with van der Waals surface area (Å²) >= 11 is 4.14. The van der Waals surface area contributed by atoms with Crippen LogP contribution in [0.2, 0.25) is 0 Å². The lowest BCUT2D eigenvalue weighted by Crippen LogP contribution is -2.59. The van der Waals surface area contributed by atoms with Crippen LogP contribution < -0.4 is 32.3 Å². The number of rotatable bonds is 18. The first kappa shape index (κ1) is 38.1. The zero-order chi connectivity index (χ0) is 32.0. The first-order valence-electron chi connectivity index (χ1n) is 14.0. The van der Waals surface area contributed by atoms with Crippen molar-refractivity contribution in [2.24, 2.45) is 23.5 Å². The highest BCUT2D eigenvalue weighted by Crippen LogP contribution is 2.08. The minimum Gasteiger partial charge on any atom is -0.480 e. The Morgan fingerprint density at radius 1 is 0.561 bits per heavy atom. The van der Waals surface area contributed by atoms with Gasteiger partial charge in [0, 0.05) is 5.75 Å². The number of carboxylic acid groups (broad SMARTS) is 1. The fraction of sp³-hybridized carbons (Fsp3) is 0.778. The summed E-state index contributed by atoms with van der Waals surface area (Å²) in [5.41, 5.74) is 5.89. The third-order valence-electron chi connectivity index (χ3n) is 6.04. The third kappa shape index (κ3) is 15.1. The van der Waals surface area contributed by atoms with Crippen molar-refractivity contribution in [3.63, 3.8) is 0 Å². The van der Waals surface area contributed by atoms with E-state index in [4.69, 9.17) is 5.73 Å². The van der Waals surface area contributed by atoms with E-state index in [0.29, 0.717) is 6.42 Å². The van der Waals surface area contributed by atoms with Gasteiger partial charge in [-0.1, -0.05) is 41.5 Å². The zero-order valence-electron chi connectivity index (χ0n) is 25.4. The van der Waals surface area contributed by atoms with Gasteiger partial charge in [0.05, 0.1) is 6.04 Å². The molecule has 236 valence electrons. The number of carbonyl (C=O) groups is 6. The van der Waals surface area contributed by atoms with Gasteiger partial charge < -0.3 is 37.4 Å². The van der Waals surface area contributed by atoms with Gasteiger partial charge in [0.15, 0.2) is 0 Å². The molecule has 0 aromatic carbocycles. The molecule has 0 fully saturated rings. The molecule has 0 heterocycles. The van der Waals surface area contributed by atoms with Crippen LogP contribution in [-0.4, -0.2) is 82.6 Å². The number of nitrogens with one attached hydrogen (secondary N) is 5. The van der Waals surface area contributed by atoms with Crippen LogP contribution >= 0.6 is 12.6 Å². The summed E-state index contributed by atoms with van der Waals surface area (Å²) in [7, 11) is 0. The van der Waals surface area contributed by atoms with Crippen molar-refractivity contribution >= 4 is 48.1 Å². The standard InChI is InChI=1S/C27H50N6O7S/c1-13(2)9-18(28)24(36)29-16(7)22(34)31-19(10-14(3)4)25(37)33-21(12-41)26(38)30-17(8)23(35)32-20(27(39)40)11-15(5)6/h13-21,41H,9-12,28H2,1-8H3,(H,29,36)(H,30,38)(H,31,34)(H,32,35)(H,33,37)(H,39,40). The van der Waals surface area contributed by atoms with Gasteiger partial charge in [-0.15, -0.1) is 0 Å². The van der Waals surface area contributed by atoms with E-state index in [-0.39, 0.29) is 36.3 Å². The van der Waals surface area contributed by atoms with E-state index < -0.39 is 71.8 Å². The van der Waals surface area contributed by atoms with Crippen LogP contribution in [0.3, 0.4) is 0 Å². The largest absolute Gasteiger partial charge is 0.480 e. The van der Waals surface area contributed by atoms with Crippen LogP contribution in [0.1, 0.15) is 74.7 Å². The fourth-order valence-corrected chi connectivity index (χ4v) is 4.09. The molecule has 0 aliphatic heterocycles. The van der Waals surface area contributed by atoms with Crippen LogP contribution in [0.25, 0.3) is 0 Å². The van der Waals surface area contributed by atoms with E-state index in [2.05, 4.69) is 39.2 Å². The van der Waals surface area contributed by atoms with Gasteiger partial charge in [0.2, 0.25) is 29.5 Å². The van der Waals surface area contributed by atoms with Gasteiger partial charge in [-0.3, -0.25) is 24.0 Å². The Hall–Kier alpha value is -2.87. The molecule has 41 heavy (non-hydrogen) atoms. The molecule has 0 bridgehead atoms. The summed E-state index contributed by atoms with van der Waals surface area (Å²) in [5, 5.41) is 22.0. The monoisotopic (exact) mass is 602 g/mol. The van der Waals surface area contributed by atoms with Gasteiger partial charge in [-0.05, 0) is 50.9 Å². The predicted molar refractivity (Wildman–Crippen MR) is 159 cm³/mol. The second-order valence-corrected chi connectivity index (χ2v) is 12.0. The van der Waals surface area contributed by atoms with Crippen molar-refractivity contribution in [1.82, 2.24) is 26.6 Å². The molecule has 6 unspecified atom stereocenters. The highest BCUT2D eigenvalue weighted by molar-refractivity contribution is 7.80. The molecule has 13 nitrogen and oxygen atoms in total. The summed E-state index contributed by atoms with van der Waals surface area (Å²) in [6.45, 7) is 14.1. The van der Waals surface area contributed by atoms with E-state index in [0.717, 1.165) is 0 Å². The van der Waals surface area contributed by atoms with E-state index in [1.165, 1.54) is 13.8 Å². The molecule has 14 heteroatoms. The number of carboxylic acids is 1. The van der Waals surface area contributed by atoms with E-state index in [1.807, 2.05) is 41.5 Å². The number of amides is 5. The number of aliphatic carboxylic acids is 1. The second-order valence-electron chi connectivity index (χ2n) is 11.7. The highest BCUT2D eigenvalue weighted by Gasteiger charge is 2.31. The van der Waals surface area contributed by atoms with Gasteiger partial charge in [-0.25, -0.2) is 4.79 Å². The molecular formula is C27H50N6O7S. The van der Waals surface area contributed by atoms with Crippen molar-refractivity contribution in [2.75, 3.05) is 5.75 Å². The first-order valence-corrected chi connectivity index (χ1v) is 14.6. The molecule has 0 saturated heterocycles. The maximum atomic E-state index is 13.1. The lowest BCUT2D eigenvalue weighted by atomic mass is 10.0. The Morgan fingerprint density at radius 3 is 1.34 bits per heavy atom. The molecule has 0 spiro atoms. The van der Waals surface area contributed by atoms with Gasteiger partial charge in [0.25, 0.3) is 0 Å². The maximum Gasteiger partial charge on any atom is 0.326 e. The van der Waals surface area contributed by atoms with E-state index >= 15 is 0 Å². The number of nitrogens with two attached hydrogens (primary N) is 1. The molecule has 0 saturated carbocycles. The van der Waals surface area contributed by atoms with Gasteiger partial charge in [-0.2, -0.15) is 12.6 Å². The summed E-state index contributed by atoms with van der Waals surface area (Å²) < 4.78 is 0. The van der Waals surface area contributed by atoms with Crippen molar-refractivity contribution in [3.8, 4) is 0 Å². The predicted octanol–water partition coefficient (Wildman–Crippen LogP) is -0.0698. The number of thiol groups is 1. The molecule has 0 aliphatic carbocycles. The lowest BCUT2D eigenvalue weighted by molar-refractivity contribution is -0.142. The molecule has 8 N–H and O–H groups in total. The average Bonchev–Trinajstić information content (AvgIpc) is 2.84. The number of hydrogen-bond donors (Lipinski definition) is 8. The molecule has 0 rings (SSSR count). The Morgan fingerprint density at radius 2 is 0.927 bits per heavy atom. The maximum absolute atomic E-state index is 13.1. The quantitative estimate of drug-likeness (QED) is 0.0994. The number of hydrogen-bond acceptors (Lipinski definition) is 8. The third-order valence-corrected chi connectivity index (χ3v) is 6.41. The Kier molecular flexibility index (Phi) is 17.2. The van der Waals surface area contributed by atoms with Crippen molar-refractivity contribution in [3.05, 3.63) is 0 Å². The molecule has 6 atom stereocenters. The molecule has 0 radical (unpaired) electrons. The SMILES string of the molecule is CC(C)CC(N)C(=O)NC(C)C(=O)NC(CC(C)C)C(=O)NC(CS)C(=O)NC(C)C(=O)NC(CC(C)C)C(=O)O. The minimum absolute atomic E-state index is 0.00423. The first-order chi connectivity index (χ1) is 18.9. The minimum atomic E-state index is -1.18. The van der Waals surface area contributed by atoms with E-state index in [9.17, 15) is 33.9 Å². The topological polar surface area (TPSA) is 209 Å².